The van der Waals surface area contributed by atoms with Crippen LogP contribution in [0.1, 0.15) is 51.0 Å². The highest BCUT2D eigenvalue weighted by atomic mass is 32.2. The van der Waals surface area contributed by atoms with Gasteiger partial charge in [0.25, 0.3) is 0 Å². The second-order valence-corrected chi connectivity index (χ2v) is 9.64. The van der Waals surface area contributed by atoms with Crippen LogP contribution in [0.4, 0.5) is 5.95 Å². The fraction of sp³-hybridized carbons (Fsp3) is 0.800. The average molecular weight is 419 g/mol. The van der Waals surface area contributed by atoms with Gasteiger partial charge in [0.05, 0.1) is 5.75 Å². The summed E-state index contributed by atoms with van der Waals surface area (Å²) < 4.78 is 2.27. The summed E-state index contributed by atoms with van der Waals surface area (Å²) in [5.41, 5.74) is 0. The predicted octanol–water partition coefficient (Wildman–Crippen LogP) is 1.78. The monoisotopic (exact) mass is 418 g/mol. The molecule has 0 bridgehead atoms. The molecule has 8 nitrogen and oxygen atoms in total. The van der Waals surface area contributed by atoms with E-state index in [0.717, 1.165) is 37.0 Å². The lowest BCUT2D eigenvalue weighted by molar-refractivity contribution is -0.139. The molecule has 5 rings (SSSR count). The molecule has 1 aromatic heterocycles. The Morgan fingerprint density at radius 1 is 0.862 bits per heavy atom. The van der Waals surface area contributed by atoms with Gasteiger partial charge in [-0.3, -0.25) is 14.2 Å². The van der Waals surface area contributed by atoms with E-state index in [1.165, 1.54) is 43.9 Å². The second kappa shape index (κ2) is 8.16. The van der Waals surface area contributed by atoms with Crippen molar-refractivity contribution < 1.29 is 9.59 Å². The third-order valence-corrected chi connectivity index (χ3v) is 7.32. The van der Waals surface area contributed by atoms with Crippen molar-refractivity contribution in [3.05, 3.63) is 0 Å². The van der Waals surface area contributed by atoms with Gasteiger partial charge in [-0.1, -0.05) is 11.8 Å². The molecule has 0 N–H and O–H groups in total. The molecular weight excluding hydrogens is 388 g/mol. The Bertz CT molecular complexity index is 761. The van der Waals surface area contributed by atoms with E-state index in [9.17, 15) is 9.59 Å². The molecule has 9 heteroatoms. The van der Waals surface area contributed by atoms with Crippen LogP contribution in [0.25, 0.3) is 0 Å². The first kappa shape index (κ1) is 19.2. The van der Waals surface area contributed by atoms with Crippen molar-refractivity contribution in [3.63, 3.8) is 0 Å². The van der Waals surface area contributed by atoms with Crippen LogP contribution in [0.3, 0.4) is 0 Å². The molecule has 2 aliphatic heterocycles. The molecule has 3 heterocycles. The fourth-order valence-corrected chi connectivity index (χ4v) is 5.22. The largest absolute Gasteiger partial charge is 0.341 e. The topological polar surface area (TPSA) is 74.6 Å². The van der Waals surface area contributed by atoms with Gasteiger partial charge >= 0.3 is 0 Å². The maximum Gasteiger partial charge on any atom is 0.233 e. The molecule has 0 spiro atoms. The summed E-state index contributed by atoms with van der Waals surface area (Å²) in [5, 5.41) is 9.81. The maximum atomic E-state index is 12.7. The molecule has 2 aliphatic carbocycles. The van der Waals surface area contributed by atoms with Crippen LogP contribution in [0, 0.1) is 5.92 Å². The van der Waals surface area contributed by atoms with E-state index in [1.54, 1.807) is 0 Å². The van der Waals surface area contributed by atoms with E-state index in [2.05, 4.69) is 19.7 Å². The molecule has 4 fully saturated rings. The van der Waals surface area contributed by atoms with Gasteiger partial charge in [-0.25, -0.2) is 0 Å². The minimum atomic E-state index is 0.137. The highest BCUT2D eigenvalue weighted by Crippen LogP contribution is 2.41. The number of thioether (sulfide) groups is 1. The summed E-state index contributed by atoms with van der Waals surface area (Å²) in [6.07, 6.45) is 8.16. The van der Waals surface area contributed by atoms with Crippen LogP contribution in [-0.4, -0.2) is 81.4 Å². The van der Waals surface area contributed by atoms with E-state index >= 15 is 0 Å². The third kappa shape index (κ3) is 4.25. The Morgan fingerprint density at radius 3 is 2.21 bits per heavy atom. The zero-order chi connectivity index (χ0) is 19.8. The number of hydrogen-bond donors (Lipinski definition) is 0. The zero-order valence-corrected chi connectivity index (χ0v) is 17.8. The SMILES string of the molecule is O=C(CSc1nnc(N2CCCCC2)n1C1CC1)N1CCN(C(=O)C2CC2)CC1. The number of carbonyl (C=O) groups excluding carboxylic acids is 2. The number of hydrogen-bond acceptors (Lipinski definition) is 6. The van der Waals surface area contributed by atoms with Crippen molar-refractivity contribution in [1.29, 1.82) is 0 Å². The van der Waals surface area contributed by atoms with Gasteiger partial charge in [0.1, 0.15) is 0 Å². The lowest BCUT2D eigenvalue weighted by Crippen LogP contribution is -2.51. The molecule has 0 unspecified atom stereocenters. The van der Waals surface area contributed by atoms with Crippen molar-refractivity contribution >= 4 is 29.5 Å². The Balaban J connectivity index is 1.16. The number of nitrogens with zero attached hydrogens (tertiary/aromatic N) is 6. The van der Waals surface area contributed by atoms with E-state index in [0.29, 0.717) is 38.0 Å². The summed E-state index contributed by atoms with van der Waals surface area (Å²) in [6, 6.07) is 0.497. The first-order valence-corrected chi connectivity index (χ1v) is 12.1. The van der Waals surface area contributed by atoms with Gasteiger partial charge in [-0.2, -0.15) is 0 Å². The normalized spacial score (nSPS) is 22.8. The molecule has 0 atom stereocenters. The number of anilines is 1. The predicted molar refractivity (Wildman–Crippen MR) is 111 cm³/mol. The Labute approximate surface area is 176 Å². The minimum Gasteiger partial charge on any atom is -0.341 e. The molecule has 2 amide bonds. The molecule has 2 saturated heterocycles. The van der Waals surface area contributed by atoms with Gasteiger partial charge in [-0.05, 0) is 44.9 Å². The van der Waals surface area contributed by atoms with Crippen LogP contribution in [0.2, 0.25) is 0 Å². The van der Waals surface area contributed by atoms with Crippen molar-refractivity contribution in [2.75, 3.05) is 49.9 Å². The number of carbonyl (C=O) groups is 2. The number of rotatable bonds is 6. The summed E-state index contributed by atoms with van der Waals surface area (Å²) in [5.74, 6) is 2.07. The summed E-state index contributed by atoms with van der Waals surface area (Å²) in [4.78, 5) is 31.1. The molecule has 0 aromatic carbocycles. The van der Waals surface area contributed by atoms with Gasteiger partial charge < -0.3 is 14.7 Å². The van der Waals surface area contributed by atoms with E-state index in [4.69, 9.17) is 0 Å². The quantitative estimate of drug-likeness (QED) is 0.656. The third-order valence-electron chi connectivity index (χ3n) is 6.39. The van der Waals surface area contributed by atoms with Crippen LogP contribution in [-0.2, 0) is 9.59 Å². The Morgan fingerprint density at radius 2 is 1.55 bits per heavy atom. The van der Waals surface area contributed by atoms with E-state index < -0.39 is 0 Å². The number of amides is 2. The minimum absolute atomic E-state index is 0.137. The van der Waals surface area contributed by atoms with Crippen LogP contribution < -0.4 is 4.90 Å². The molecule has 2 saturated carbocycles. The van der Waals surface area contributed by atoms with Gasteiger partial charge in [0.15, 0.2) is 5.16 Å². The van der Waals surface area contributed by atoms with E-state index in [1.807, 2.05) is 9.80 Å². The molecular formula is C20H30N6O2S. The molecule has 1 aromatic rings. The smallest absolute Gasteiger partial charge is 0.233 e. The van der Waals surface area contributed by atoms with Crippen LogP contribution in [0.5, 0.6) is 0 Å². The summed E-state index contributed by atoms with van der Waals surface area (Å²) in [6.45, 7) is 4.74. The maximum absolute atomic E-state index is 12.7. The second-order valence-electron chi connectivity index (χ2n) is 8.70. The first-order valence-electron chi connectivity index (χ1n) is 11.1. The van der Waals surface area contributed by atoms with Crippen molar-refractivity contribution in [2.24, 2.45) is 5.92 Å². The number of piperidine rings is 1. The lowest BCUT2D eigenvalue weighted by atomic mass is 10.1. The zero-order valence-electron chi connectivity index (χ0n) is 17.0. The van der Waals surface area contributed by atoms with Gasteiger partial charge in [0, 0.05) is 51.2 Å². The number of aromatic nitrogens is 3. The van der Waals surface area contributed by atoms with Crippen molar-refractivity contribution in [2.45, 2.75) is 56.1 Å². The Hall–Kier alpha value is -1.77. The van der Waals surface area contributed by atoms with Gasteiger partial charge in [-0.15, -0.1) is 10.2 Å². The standard InChI is InChI=1S/C20H30N6O2S/c27-17(23-10-12-24(13-11-23)18(28)15-4-5-15)14-29-20-22-21-19(26(20)16-6-7-16)25-8-2-1-3-9-25/h15-16H,1-14H2. The van der Waals surface area contributed by atoms with Crippen molar-refractivity contribution in [3.8, 4) is 0 Å². The van der Waals surface area contributed by atoms with Crippen LogP contribution >= 0.6 is 11.8 Å². The van der Waals surface area contributed by atoms with Crippen molar-refractivity contribution in [1.82, 2.24) is 24.6 Å². The van der Waals surface area contributed by atoms with Crippen LogP contribution in [0.15, 0.2) is 5.16 Å². The highest BCUT2D eigenvalue weighted by molar-refractivity contribution is 7.99. The molecule has 158 valence electrons. The molecule has 29 heavy (non-hydrogen) atoms. The molecule has 4 aliphatic rings. The molecule has 0 radical (unpaired) electrons. The highest BCUT2D eigenvalue weighted by Gasteiger charge is 2.35. The fourth-order valence-electron chi connectivity index (χ4n) is 4.31. The summed E-state index contributed by atoms with van der Waals surface area (Å²) in [7, 11) is 0. The van der Waals surface area contributed by atoms with E-state index in [-0.39, 0.29) is 17.7 Å². The number of piperazine rings is 1. The Kier molecular flexibility index (Phi) is 5.41. The van der Waals surface area contributed by atoms with Gasteiger partial charge in [0.2, 0.25) is 17.8 Å². The summed E-state index contributed by atoms with van der Waals surface area (Å²) >= 11 is 1.51. The lowest BCUT2D eigenvalue weighted by Gasteiger charge is -2.34. The first-order chi connectivity index (χ1) is 14.2. The average Bonchev–Trinajstić information content (AvgIpc) is 3.70.